The third-order valence-electron chi connectivity index (χ3n) is 5.88. The number of hydrogen-bond donors (Lipinski definition) is 2. The minimum absolute atomic E-state index is 0.207. The Morgan fingerprint density at radius 2 is 1.81 bits per heavy atom. The van der Waals surface area contributed by atoms with Gasteiger partial charge in [0, 0.05) is 30.3 Å². The summed E-state index contributed by atoms with van der Waals surface area (Å²) in [5.74, 6) is -1.29. The first-order chi connectivity index (χ1) is 17.1. The number of halogens is 4. The monoisotopic (exact) mass is 506 g/mol. The van der Waals surface area contributed by atoms with Crippen molar-refractivity contribution in [1.29, 1.82) is 0 Å². The van der Waals surface area contributed by atoms with Gasteiger partial charge in [-0.3, -0.25) is 4.98 Å². The summed E-state index contributed by atoms with van der Waals surface area (Å²) in [6, 6.07) is 5.42. The zero-order valence-electron chi connectivity index (χ0n) is 18.9. The smallest absolute Gasteiger partial charge is 0.475 e. The standard InChI is InChI=1S/C21H21FN6O.C2HF3O2/c22-20-15(16-10-25-17(23)11-24-16)6-5-14(13-3-1-4-13)21(20)29-19-9-18(26-12-27-19)28-7-2-8-28;3-2(4,5)1(6)7/h5-6,9-13H,1-4,7-8H2,(H2,23,25);(H,6,7). The fourth-order valence-electron chi connectivity index (χ4n) is 3.60. The van der Waals surface area contributed by atoms with E-state index in [0.29, 0.717) is 23.1 Å². The molecule has 0 atom stereocenters. The van der Waals surface area contributed by atoms with Crippen LogP contribution in [0.1, 0.15) is 37.2 Å². The number of aromatic nitrogens is 4. The van der Waals surface area contributed by atoms with E-state index >= 15 is 4.39 Å². The number of aliphatic carboxylic acids is 1. The molecule has 1 aliphatic carbocycles. The summed E-state index contributed by atoms with van der Waals surface area (Å²) in [5.41, 5.74) is 7.21. The molecule has 3 heterocycles. The van der Waals surface area contributed by atoms with E-state index in [-0.39, 0.29) is 11.6 Å². The molecule has 5 rings (SSSR count). The molecule has 2 aromatic heterocycles. The van der Waals surface area contributed by atoms with Gasteiger partial charge < -0.3 is 20.5 Å². The Morgan fingerprint density at radius 1 is 1.08 bits per heavy atom. The van der Waals surface area contributed by atoms with Crippen LogP contribution in [0.5, 0.6) is 11.6 Å². The van der Waals surface area contributed by atoms with E-state index in [0.717, 1.165) is 50.2 Å². The van der Waals surface area contributed by atoms with E-state index < -0.39 is 18.0 Å². The lowest BCUT2D eigenvalue weighted by Gasteiger charge is -2.32. The van der Waals surface area contributed by atoms with Crippen LogP contribution in [0.15, 0.2) is 36.9 Å². The van der Waals surface area contributed by atoms with Crippen molar-refractivity contribution in [2.75, 3.05) is 23.7 Å². The van der Waals surface area contributed by atoms with Crippen LogP contribution in [0, 0.1) is 5.82 Å². The maximum absolute atomic E-state index is 15.6. The van der Waals surface area contributed by atoms with E-state index in [1.165, 1.54) is 18.7 Å². The number of nitrogens with two attached hydrogens (primary N) is 1. The molecule has 9 nitrogen and oxygen atoms in total. The highest BCUT2D eigenvalue weighted by Gasteiger charge is 2.38. The molecular formula is C23H22F4N6O3. The molecule has 1 aliphatic heterocycles. The van der Waals surface area contributed by atoms with E-state index in [4.69, 9.17) is 20.4 Å². The molecule has 0 radical (unpaired) electrons. The normalized spacial score (nSPS) is 15.3. The minimum Gasteiger partial charge on any atom is -0.475 e. The maximum Gasteiger partial charge on any atom is 0.490 e. The highest BCUT2D eigenvalue weighted by molar-refractivity contribution is 5.73. The first-order valence-corrected chi connectivity index (χ1v) is 11.1. The number of ether oxygens (including phenoxy) is 1. The van der Waals surface area contributed by atoms with Crippen LogP contribution < -0.4 is 15.4 Å². The number of carboxylic acids is 1. The van der Waals surface area contributed by atoms with Crippen molar-refractivity contribution in [1.82, 2.24) is 19.9 Å². The Balaban J connectivity index is 0.000000384. The quantitative estimate of drug-likeness (QED) is 0.479. The third kappa shape index (κ3) is 5.61. The second kappa shape index (κ2) is 10.3. The Bertz CT molecular complexity index is 1230. The van der Waals surface area contributed by atoms with Crippen molar-refractivity contribution in [3.05, 3.63) is 48.3 Å². The van der Waals surface area contributed by atoms with Crippen LogP contribution in [0.3, 0.4) is 0 Å². The molecule has 0 unspecified atom stereocenters. The van der Waals surface area contributed by atoms with Crippen LogP contribution >= 0.6 is 0 Å². The molecule has 13 heteroatoms. The van der Waals surface area contributed by atoms with Gasteiger partial charge in [-0.1, -0.05) is 12.5 Å². The van der Waals surface area contributed by atoms with Crippen LogP contribution in [0.4, 0.5) is 29.2 Å². The number of nitrogens with zero attached hydrogens (tertiary/aromatic N) is 5. The van der Waals surface area contributed by atoms with Crippen molar-refractivity contribution < 1.29 is 32.2 Å². The molecule has 1 aromatic carbocycles. The van der Waals surface area contributed by atoms with Gasteiger partial charge in [-0.2, -0.15) is 13.2 Å². The average Bonchev–Trinajstić information content (AvgIpc) is 2.75. The predicted octanol–water partition coefficient (Wildman–Crippen LogP) is 4.56. The lowest BCUT2D eigenvalue weighted by Crippen LogP contribution is -2.37. The van der Waals surface area contributed by atoms with Gasteiger partial charge in [-0.05, 0) is 31.2 Å². The summed E-state index contributed by atoms with van der Waals surface area (Å²) in [5, 5.41) is 7.12. The Hall–Kier alpha value is -4.03. The third-order valence-corrected chi connectivity index (χ3v) is 5.88. The Kier molecular flexibility index (Phi) is 7.17. The molecule has 3 aromatic rings. The number of anilines is 2. The number of benzene rings is 1. The molecule has 0 spiro atoms. The number of hydrogen-bond acceptors (Lipinski definition) is 8. The molecule has 2 aliphatic rings. The van der Waals surface area contributed by atoms with Crippen molar-refractivity contribution in [3.63, 3.8) is 0 Å². The lowest BCUT2D eigenvalue weighted by molar-refractivity contribution is -0.192. The van der Waals surface area contributed by atoms with Crippen molar-refractivity contribution >= 4 is 17.6 Å². The average molecular weight is 506 g/mol. The number of carbonyl (C=O) groups is 1. The van der Waals surface area contributed by atoms with Gasteiger partial charge in [-0.25, -0.2) is 24.1 Å². The van der Waals surface area contributed by atoms with Gasteiger partial charge in [-0.15, -0.1) is 0 Å². The molecule has 1 saturated carbocycles. The van der Waals surface area contributed by atoms with Crippen molar-refractivity contribution in [2.45, 2.75) is 37.8 Å². The molecule has 0 amide bonds. The lowest BCUT2D eigenvalue weighted by atomic mass is 9.79. The summed E-state index contributed by atoms with van der Waals surface area (Å²) in [4.78, 5) is 27.8. The molecule has 0 bridgehead atoms. The second-order valence-electron chi connectivity index (χ2n) is 8.26. The van der Waals surface area contributed by atoms with Crippen LogP contribution in [0.2, 0.25) is 0 Å². The first kappa shape index (κ1) is 25.1. The largest absolute Gasteiger partial charge is 0.490 e. The van der Waals surface area contributed by atoms with Crippen LogP contribution in [0.25, 0.3) is 11.3 Å². The first-order valence-electron chi connectivity index (χ1n) is 11.1. The van der Waals surface area contributed by atoms with Gasteiger partial charge in [0.15, 0.2) is 11.6 Å². The van der Waals surface area contributed by atoms with Gasteiger partial charge in [0.05, 0.1) is 18.1 Å². The molecule has 1 saturated heterocycles. The molecule has 36 heavy (non-hydrogen) atoms. The van der Waals surface area contributed by atoms with Gasteiger partial charge in [0.2, 0.25) is 5.88 Å². The number of alkyl halides is 3. The Labute approximate surface area is 203 Å². The van der Waals surface area contributed by atoms with E-state index in [1.54, 1.807) is 12.1 Å². The molecular weight excluding hydrogens is 484 g/mol. The molecule has 190 valence electrons. The number of carboxylic acid groups (broad SMARTS) is 1. The summed E-state index contributed by atoms with van der Waals surface area (Å²) in [6.07, 6.45) is 3.60. The second-order valence-corrected chi connectivity index (χ2v) is 8.26. The fourth-order valence-corrected chi connectivity index (χ4v) is 3.60. The zero-order valence-corrected chi connectivity index (χ0v) is 18.9. The zero-order chi connectivity index (χ0) is 25.9. The summed E-state index contributed by atoms with van der Waals surface area (Å²) in [7, 11) is 0. The van der Waals surface area contributed by atoms with Gasteiger partial charge in [0.1, 0.15) is 18.0 Å². The van der Waals surface area contributed by atoms with Crippen molar-refractivity contribution in [3.8, 4) is 22.9 Å². The highest BCUT2D eigenvalue weighted by Crippen LogP contribution is 2.45. The number of rotatable bonds is 5. The van der Waals surface area contributed by atoms with Crippen LogP contribution in [-0.2, 0) is 4.79 Å². The fraction of sp³-hybridized carbons (Fsp3) is 0.348. The van der Waals surface area contributed by atoms with Gasteiger partial charge >= 0.3 is 12.1 Å². The van der Waals surface area contributed by atoms with E-state index in [9.17, 15) is 13.2 Å². The minimum atomic E-state index is -5.08. The summed E-state index contributed by atoms with van der Waals surface area (Å²) < 4.78 is 53.3. The molecule has 2 fully saturated rings. The van der Waals surface area contributed by atoms with Crippen molar-refractivity contribution in [2.24, 2.45) is 0 Å². The van der Waals surface area contributed by atoms with Gasteiger partial charge in [0.25, 0.3) is 0 Å². The summed E-state index contributed by atoms with van der Waals surface area (Å²) in [6.45, 7) is 1.92. The van der Waals surface area contributed by atoms with E-state index in [2.05, 4.69) is 24.8 Å². The predicted molar refractivity (Wildman–Crippen MR) is 121 cm³/mol. The summed E-state index contributed by atoms with van der Waals surface area (Å²) >= 11 is 0. The van der Waals surface area contributed by atoms with E-state index in [1.807, 2.05) is 6.07 Å². The van der Waals surface area contributed by atoms with Crippen LogP contribution in [-0.4, -0.2) is 50.3 Å². The highest BCUT2D eigenvalue weighted by atomic mass is 19.4. The SMILES string of the molecule is Nc1cnc(-c2ccc(C3CCC3)c(Oc3cc(N4CCC4)ncn3)c2F)cn1.O=C(O)C(F)(F)F. The molecule has 3 N–H and O–H groups in total. The maximum atomic E-state index is 15.6. The topological polar surface area (TPSA) is 127 Å². The number of nitrogen functional groups attached to an aromatic ring is 1. The Morgan fingerprint density at radius 3 is 2.33 bits per heavy atom.